The summed E-state index contributed by atoms with van der Waals surface area (Å²) in [6.45, 7) is 8.03. The summed E-state index contributed by atoms with van der Waals surface area (Å²) in [6.07, 6.45) is 0.916. The van der Waals surface area contributed by atoms with Gasteiger partial charge in [0.1, 0.15) is 0 Å². The molecule has 0 unspecified atom stereocenters. The SMILES string of the molecule is CCn1c(SCC(=O)N2c3ccccc3C[C@@H]2C)nnc1N1CCOCC1. The van der Waals surface area contributed by atoms with Gasteiger partial charge in [-0.3, -0.25) is 9.36 Å². The first kappa shape index (κ1) is 18.3. The van der Waals surface area contributed by atoms with E-state index in [2.05, 4.69) is 39.6 Å². The summed E-state index contributed by atoms with van der Waals surface area (Å²) in [5.41, 5.74) is 2.29. The summed E-state index contributed by atoms with van der Waals surface area (Å²) in [5.74, 6) is 1.35. The first-order valence-corrected chi connectivity index (χ1v) is 10.5. The Hall–Kier alpha value is -2.06. The zero-order valence-electron chi connectivity index (χ0n) is 15.8. The zero-order chi connectivity index (χ0) is 18.8. The third kappa shape index (κ3) is 3.55. The number of hydrogen-bond acceptors (Lipinski definition) is 6. The molecule has 144 valence electrons. The van der Waals surface area contributed by atoms with Gasteiger partial charge in [-0.2, -0.15) is 0 Å². The lowest BCUT2D eigenvalue weighted by Crippen LogP contribution is -2.38. The molecule has 1 fully saturated rings. The first-order valence-electron chi connectivity index (χ1n) is 9.47. The van der Waals surface area contributed by atoms with Crippen molar-refractivity contribution in [2.45, 2.75) is 38.0 Å². The Morgan fingerprint density at radius 3 is 2.81 bits per heavy atom. The van der Waals surface area contributed by atoms with Crippen LogP contribution in [0, 0.1) is 0 Å². The molecule has 1 aromatic carbocycles. The zero-order valence-corrected chi connectivity index (χ0v) is 16.6. The van der Waals surface area contributed by atoms with Crippen LogP contribution in [0.25, 0.3) is 0 Å². The fraction of sp³-hybridized carbons (Fsp3) is 0.526. The van der Waals surface area contributed by atoms with Gasteiger partial charge in [-0.25, -0.2) is 0 Å². The van der Waals surface area contributed by atoms with E-state index in [9.17, 15) is 4.79 Å². The maximum atomic E-state index is 12.9. The molecule has 2 aliphatic rings. The van der Waals surface area contributed by atoms with E-state index in [-0.39, 0.29) is 11.9 Å². The number of thioether (sulfide) groups is 1. The van der Waals surface area contributed by atoms with E-state index in [1.54, 1.807) is 0 Å². The average Bonchev–Trinajstić information content (AvgIpc) is 3.26. The molecule has 0 N–H and O–H groups in total. The smallest absolute Gasteiger partial charge is 0.237 e. The van der Waals surface area contributed by atoms with Crippen LogP contribution in [-0.4, -0.2) is 58.8 Å². The number of nitrogens with zero attached hydrogens (tertiary/aromatic N) is 5. The standard InChI is InChI=1S/C19H25N5O2S/c1-3-23-18(22-8-10-26-11-9-22)20-21-19(23)27-13-17(25)24-14(2)12-15-6-4-5-7-16(15)24/h4-7,14H,3,8-13H2,1-2H3/t14-/m0/s1. The maximum absolute atomic E-state index is 12.9. The van der Waals surface area contributed by atoms with Crippen LogP contribution in [-0.2, 0) is 22.5 Å². The van der Waals surface area contributed by atoms with Crippen molar-refractivity contribution in [1.29, 1.82) is 0 Å². The minimum Gasteiger partial charge on any atom is -0.378 e. The summed E-state index contributed by atoms with van der Waals surface area (Å²) in [5, 5.41) is 9.52. The monoisotopic (exact) mass is 387 g/mol. The fourth-order valence-corrected chi connectivity index (χ4v) is 4.66. The molecule has 1 aromatic heterocycles. The van der Waals surface area contributed by atoms with Crippen molar-refractivity contribution >= 4 is 29.3 Å². The van der Waals surface area contributed by atoms with Crippen molar-refractivity contribution in [1.82, 2.24) is 14.8 Å². The summed E-state index contributed by atoms with van der Waals surface area (Å²) >= 11 is 1.47. The van der Waals surface area contributed by atoms with Crippen molar-refractivity contribution in [2.75, 3.05) is 41.9 Å². The van der Waals surface area contributed by atoms with Gasteiger partial charge in [0.25, 0.3) is 0 Å². The summed E-state index contributed by atoms with van der Waals surface area (Å²) in [6, 6.07) is 8.36. The highest BCUT2D eigenvalue weighted by Gasteiger charge is 2.30. The van der Waals surface area contributed by atoms with Gasteiger partial charge in [0, 0.05) is 31.4 Å². The molecule has 3 heterocycles. The second-order valence-electron chi connectivity index (χ2n) is 6.86. The van der Waals surface area contributed by atoms with Crippen molar-refractivity contribution in [3.05, 3.63) is 29.8 Å². The molecule has 0 radical (unpaired) electrons. The van der Waals surface area contributed by atoms with Crippen LogP contribution in [0.15, 0.2) is 29.4 Å². The minimum absolute atomic E-state index is 0.121. The van der Waals surface area contributed by atoms with Gasteiger partial charge < -0.3 is 14.5 Å². The first-order chi connectivity index (χ1) is 13.2. The lowest BCUT2D eigenvalue weighted by molar-refractivity contribution is -0.116. The van der Waals surface area contributed by atoms with E-state index in [1.165, 1.54) is 17.3 Å². The highest BCUT2D eigenvalue weighted by molar-refractivity contribution is 7.99. The summed E-state index contributed by atoms with van der Waals surface area (Å²) in [7, 11) is 0. The number of anilines is 2. The number of morpholine rings is 1. The van der Waals surface area contributed by atoms with Crippen molar-refractivity contribution in [2.24, 2.45) is 0 Å². The third-order valence-corrected chi connectivity index (χ3v) is 6.06. The Morgan fingerprint density at radius 2 is 2.04 bits per heavy atom. The average molecular weight is 388 g/mol. The molecule has 27 heavy (non-hydrogen) atoms. The topological polar surface area (TPSA) is 63.5 Å². The van der Waals surface area contributed by atoms with E-state index in [0.29, 0.717) is 19.0 Å². The molecule has 7 nitrogen and oxygen atoms in total. The largest absolute Gasteiger partial charge is 0.378 e. The van der Waals surface area contributed by atoms with Gasteiger partial charge >= 0.3 is 0 Å². The predicted octanol–water partition coefficient (Wildman–Crippen LogP) is 2.20. The molecule has 0 spiro atoms. The van der Waals surface area contributed by atoms with Crippen molar-refractivity contribution in [3.8, 4) is 0 Å². The van der Waals surface area contributed by atoms with Gasteiger partial charge in [0.15, 0.2) is 5.16 Å². The summed E-state index contributed by atoms with van der Waals surface area (Å²) in [4.78, 5) is 17.0. The number of benzene rings is 1. The molecule has 4 rings (SSSR count). The molecule has 2 aromatic rings. The molecule has 0 bridgehead atoms. The lowest BCUT2D eigenvalue weighted by atomic mass is 10.1. The normalized spacial score (nSPS) is 19.4. The van der Waals surface area contributed by atoms with Gasteiger partial charge in [0.05, 0.1) is 19.0 Å². The van der Waals surface area contributed by atoms with Crippen LogP contribution in [0.2, 0.25) is 0 Å². The highest BCUT2D eigenvalue weighted by Crippen LogP contribution is 2.33. The molecule has 0 aliphatic carbocycles. The molecule has 1 atom stereocenters. The van der Waals surface area contributed by atoms with Crippen LogP contribution in [0.3, 0.4) is 0 Å². The molecular weight excluding hydrogens is 362 g/mol. The van der Waals surface area contributed by atoms with Crippen LogP contribution in [0.4, 0.5) is 11.6 Å². The lowest BCUT2D eigenvalue weighted by Gasteiger charge is -2.27. The van der Waals surface area contributed by atoms with Crippen LogP contribution in [0.5, 0.6) is 0 Å². The van der Waals surface area contributed by atoms with Crippen LogP contribution < -0.4 is 9.80 Å². The molecule has 8 heteroatoms. The molecule has 2 aliphatic heterocycles. The van der Waals surface area contributed by atoms with Crippen molar-refractivity contribution in [3.63, 3.8) is 0 Å². The van der Waals surface area contributed by atoms with Gasteiger partial charge in [-0.15, -0.1) is 10.2 Å². The number of aromatic nitrogens is 3. The Morgan fingerprint density at radius 1 is 1.26 bits per heavy atom. The quantitative estimate of drug-likeness (QED) is 0.733. The van der Waals surface area contributed by atoms with Gasteiger partial charge in [-0.05, 0) is 31.9 Å². The number of rotatable bonds is 5. The number of ether oxygens (including phenoxy) is 1. The molecule has 1 saturated heterocycles. The second-order valence-corrected chi connectivity index (χ2v) is 7.80. The number of carbonyl (C=O) groups is 1. The van der Waals surface area contributed by atoms with E-state index in [0.717, 1.165) is 42.8 Å². The maximum Gasteiger partial charge on any atom is 0.237 e. The van der Waals surface area contributed by atoms with E-state index < -0.39 is 0 Å². The van der Waals surface area contributed by atoms with Crippen LogP contribution in [0.1, 0.15) is 19.4 Å². The minimum atomic E-state index is 0.121. The summed E-state index contributed by atoms with van der Waals surface area (Å²) < 4.78 is 7.51. The number of carbonyl (C=O) groups excluding carboxylic acids is 1. The molecule has 1 amide bonds. The van der Waals surface area contributed by atoms with Gasteiger partial charge in [-0.1, -0.05) is 30.0 Å². The number of fused-ring (bicyclic) bond motifs is 1. The third-order valence-electron chi connectivity index (χ3n) is 5.11. The van der Waals surface area contributed by atoms with Crippen LogP contribution >= 0.6 is 11.8 Å². The Kier molecular flexibility index (Phi) is 5.36. The van der Waals surface area contributed by atoms with Gasteiger partial charge in [0.2, 0.25) is 11.9 Å². The van der Waals surface area contributed by atoms with Crippen molar-refractivity contribution < 1.29 is 9.53 Å². The number of para-hydroxylation sites is 1. The van der Waals surface area contributed by atoms with E-state index in [1.807, 2.05) is 23.1 Å². The Bertz CT molecular complexity index is 818. The predicted molar refractivity (Wildman–Crippen MR) is 107 cm³/mol. The van der Waals surface area contributed by atoms with E-state index >= 15 is 0 Å². The molecule has 0 saturated carbocycles. The second kappa shape index (κ2) is 7.90. The molecular formula is C19H25N5O2S. The Labute approximate surface area is 163 Å². The number of hydrogen-bond donors (Lipinski definition) is 0. The fourth-order valence-electron chi connectivity index (χ4n) is 3.80. The number of amides is 1. The highest BCUT2D eigenvalue weighted by atomic mass is 32.2. The Balaban J connectivity index is 1.46. The van der Waals surface area contributed by atoms with E-state index in [4.69, 9.17) is 4.74 Å².